The molecule has 0 radical (unpaired) electrons. The minimum atomic E-state index is -0.576. The molecule has 0 aliphatic heterocycles. The Bertz CT molecular complexity index is 551. The third kappa shape index (κ3) is 3.41. The summed E-state index contributed by atoms with van der Waals surface area (Å²) < 4.78 is 28.1. The molecule has 4 heteroatoms. The van der Waals surface area contributed by atoms with Gasteiger partial charge in [-0.25, -0.2) is 8.78 Å². The fourth-order valence-corrected chi connectivity index (χ4v) is 2.04. The van der Waals surface area contributed by atoms with E-state index in [4.69, 9.17) is 0 Å². The molecule has 1 N–H and O–H groups in total. The Balaban J connectivity index is 2.11. The van der Waals surface area contributed by atoms with Crippen molar-refractivity contribution in [3.63, 3.8) is 0 Å². The first-order valence-corrected chi connectivity index (χ1v) is 6.38. The molecule has 1 atom stereocenters. The zero-order valence-electron chi connectivity index (χ0n) is 10.8. The van der Waals surface area contributed by atoms with E-state index in [1.165, 1.54) is 12.1 Å². The molecule has 1 aromatic heterocycles. The molecule has 2 nitrogen and oxygen atoms in total. The van der Waals surface area contributed by atoms with Crippen molar-refractivity contribution in [2.24, 2.45) is 0 Å². The van der Waals surface area contributed by atoms with Crippen LogP contribution in [0.25, 0.3) is 0 Å². The predicted molar refractivity (Wildman–Crippen MR) is 69.8 cm³/mol. The van der Waals surface area contributed by atoms with Crippen molar-refractivity contribution in [2.45, 2.75) is 32.4 Å². The molecule has 1 heterocycles. The number of aromatic nitrogens is 1. The summed E-state index contributed by atoms with van der Waals surface area (Å²) in [6, 6.07) is 5.38. The highest BCUT2D eigenvalue weighted by atomic mass is 19.1. The fourth-order valence-electron chi connectivity index (χ4n) is 2.04. The monoisotopic (exact) mass is 265 g/mol. The molecule has 0 aliphatic carbocycles. The lowest BCUT2D eigenvalue weighted by atomic mass is 10.1. The molecule has 1 aromatic carbocycles. The summed E-state index contributed by atoms with van der Waals surface area (Å²) in [5, 5.41) is 9.85. The van der Waals surface area contributed by atoms with Crippen molar-refractivity contribution in [3.8, 4) is 0 Å². The van der Waals surface area contributed by atoms with Crippen molar-refractivity contribution in [1.29, 1.82) is 0 Å². The van der Waals surface area contributed by atoms with Gasteiger partial charge in [0, 0.05) is 30.6 Å². The van der Waals surface area contributed by atoms with Gasteiger partial charge in [0.2, 0.25) is 0 Å². The van der Waals surface area contributed by atoms with E-state index >= 15 is 0 Å². The lowest BCUT2D eigenvalue weighted by Gasteiger charge is -2.07. The molecule has 102 valence electrons. The van der Waals surface area contributed by atoms with Gasteiger partial charge in [-0.05, 0) is 24.1 Å². The van der Waals surface area contributed by atoms with Crippen LogP contribution in [0.15, 0.2) is 36.7 Å². The van der Waals surface area contributed by atoms with Gasteiger partial charge in [-0.3, -0.25) is 0 Å². The van der Waals surface area contributed by atoms with E-state index in [2.05, 4.69) is 0 Å². The van der Waals surface area contributed by atoms with Gasteiger partial charge in [-0.1, -0.05) is 19.4 Å². The zero-order valence-corrected chi connectivity index (χ0v) is 10.8. The third-order valence-corrected chi connectivity index (χ3v) is 3.09. The van der Waals surface area contributed by atoms with Crippen LogP contribution in [0.1, 0.15) is 37.0 Å². The standard InChI is InChI=1S/C15H17F2NO/c1-2-3-15(19)12-6-7-18(10-12)9-11-4-5-13(16)8-14(11)17/h4-8,10,15,19H,2-3,9H2,1H3. The Morgan fingerprint density at radius 3 is 2.74 bits per heavy atom. The summed E-state index contributed by atoms with van der Waals surface area (Å²) in [7, 11) is 0. The molecule has 0 bridgehead atoms. The average molecular weight is 265 g/mol. The van der Waals surface area contributed by atoms with E-state index in [9.17, 15) is 13.9 Å². The van der Waals surface area contributed by atoms with E-state index < -0.39 is 17.7 Å². The van der Waals surface area contributed by atoms with E-state index in [1.54, 1.807) is 17.0 Å². The van der Waals surface area contributed by atoms with Gasteiger partial charge >= 0.3 is 0 Å². The highest BCUT2D eigenvalue weighted by molar-refractivity contribution is 5.21. The number of hydrogen-bond donors (Lipinski definition) is 1. The van der Waals surface area contributed by atoms with Gasteiger partial charge in [-0.15, -0.1) is 0 Å². The minimum Gasteiger partial charge on any atom is -0.388 e. The Kier molecular flexibility index (Phi) is 4.32. The first-order valence-electron chi connectivity index (χ1n) is 6.38. The van der Waals surface area contributed by atoms with Gasteiger partial charge in [0.15, 0.2) is 0 Å². The van der Waals surface area contributed by atoms with Crippen LogP contribution in [0.3, 0.4) is 0 Å². The number of nitrogens with zero attached hydrogens (tertiary/aromatic N) is 1. The van der Waals surface area contributed by atoms with Gasteiger partial charge in [0.25, 0.3) is 0 Å². The molecule has 19 heavy (non-hydrogen) atoms. The van der Waals surface area contributed by atoms with Crippen LogP contribution < -0.4 is 0 Å². The number of rotatable bonds is 5. The zero-order chi connectivity index (χ0) is 13.8. The maximum atomic E-state index is 13.5. The molecule has 0 saturated heterocycles. The minimum absolute atomic E-state index is 0.324. The van der Waals surface area contributed by atoms with Crippen molar-refractivity contribution in [3.05, 3.63) is 59.4 Å². The van der Waals surface area contributed by atoms with Gasteiger partial charge < -0.3 is 9.67 Å². The summed E-state index contributed by atoms with van der Waals surface area (Å²) >= 11 is 0. The summed E-state index contributed by atoms with van der Waals surface area (Å²) in [5.41, 5.74) is 1.25. The third-order valence-electron chi connectivity index (χ3n) is 3.09. The summed E-state index contributed by atoms with van der Waals surface area (Å²) in [6.07, 6.45) is 4.71. The van der Waals surface area contributed by atoms with E-state index in [0.717, 1.165) is 18.1 Å². The lowest BCUT2D eigenvalue weighted by Crippen LogP contribution is -2.00. The molecule has 0 aliphatic rings. The number of aliphatic hydroxyl groups excluding tert-OH is 1. The number of halogens is 2. The smallest absolute Gasteiger partial charge is 0.131 e. The molecular formula is C15H17F2NO. The molecule has 0 spiro atoms. The van der Waals surface area contributed by atoms with Crippen molar-refractivity contribution in [2.75, 3.05) is 0 Å². The molecule has 0 amide bonds. The maximum absolute atomic E-state index is 13.5. The van der Waals surface area contributed by atoms with Crippen molar-refractivity contribution >= 4 is 0 Å². The van der Waals surface area contributed by atoms with Crippen LogP contribution in [0, 0.1) is 11.6 Å². The lowest BCUT2D eigenvalue weighted by molar-refractivity contribution is 0.166. The Morgan fingerprint density at radius 2 is 2.05 bits per heavy atom. The average Bonchev–Trinajstić information content (AvgIpc) is 2.82. The summed E-state index contributed by atoms with van der Waals surface area (Å²) in [6.45, 7) is 2.33. The SMILES string of the molecule is CCCC(O)c1ccn(Cc2ccc(F)cc2F)c1. The van der Waals surface area contributed by atoms with Gasteiger partial charge in [0.05, 0.1) is 6.10 Å². The van der Waals surface area contributed by atoms with Crippen LogP contribution >= 0.6 is 0 Å². The van der Waals surface area contributed by atoms with Crippen molar-refractivity contribution in [1.82, 2.24) is 4.57 Å². The maximum Gasteiger partial charge on any atom is 0.131 e. The second kappa shape index (κ2) is 5.97. The molecule has 0 fully saturated rings. The van der Waals surface area contributed by atoms with E-state index in [-0.39, 0.29) is 0 Å². The van der Waals surface area contributed by atoms with E-state index in [0.29, 0.717) is 18.5 Å². The van der Waals surface area contributed by atoms with E-state index in [1.807, 2.05) is 13.0 Å². The summed E-state index contributed by atoms with van der Waals surface area (Å²) in [5.74, 6) is -1.13. The number of hydrogen-bond acceptors (Lipinski definition) is 1. The quantitative estimate of drug-likeness (QED) is 0.877. The predicted octanol–water partition coefficient (Wildman–Crippen LogP) is 3.65. The highest BCUT2D eigenvalue weighted by Gasteiger charge is 2.09. The van der Waals surface area contributed by atoms with Crippen molar-refractivity contribution < 1.29 is 13.9 Å². The molecule has 1 unspecified atom stereocenters. The number of benzene rings is 1. The molecular weight excluding hydrogens is 248 g/mol. The fraction of sp³-hybridized carbons (Fsp3) is 0.333. The van der Waals surface area contributed by atoms with Crippen LogP contribution in [0.2, 0.25) is 0 Å². The Labute approximate surface area is 111 Å². The van der Waals surface area contributed by atoms with Gasteiger partial charge in [0.1, 0.15) is 11.6 Å². The topological polar surface area (TPSA) is 25.2 Å². The summed E-state index contributed by atoms with van der Waals surface area (Å²) in [4.78, 5) is 0. The second-order valence-corrected chi connectivity index (χ2v) is 4.66. The molecule has 2 aromatic rings. The second-order valence-electron chi connectivity index (χ2n) is 4.66. The Morgan fingerprint density at radius 1 is 1.26 bits per heavy atom. The van der Waals surface area contributed by atoms with Crippen LogP contribution in [0.4, 0.5) is 8.78 Å². The normalized spacial score (nSPS) is 12.6. The first-order chi connectivity index (χ1) is 9.10. The Hall–Kier alpha value is -1.68. The molecule has 2 rings (SSSR count). The van der Waals surface area contributed by atoms with Gasteiger partial charge in [-0.2, -0.15) is 0 Å². The molecule has 0 saturated carbocycles. The first kappa shape index (κ1) is 13.7. The van der Waals surface area contributed by atoms with Crippen LogP contribution in [-0.4, -0.2) is 9.67 Å². The highest BCUT2D eigenvalue weighted by Crippen LogP contribution is 2.19. The van der Waals surface area contributed by atoms with Crippen LogP contribution in [0.5, 0.6) is 0 Å². The largest absolute Gasteiger partial charge is 0.388 e. The van der Waals surface area contributed by atoms with Crippen LogP contribution in [-0.2, 0) is 6.54 Å². The number of aliphatic hydroxyl groups is 1.